The normalized spacial score (nSPS) is 16.3. The molecule has 0 aliphatic heterocycles. The highest BCUT2D eigenvalue weighted by molar-refractivity contribution is 5.47. The minimum Gasteiger partial charge on any atom is -0.353 e. The van der Waals surface area contributed by atoms with Crippen LogP contribution in [0.1, 0.15) is 37.7 Å². The molecule has 1 aromatic carbocycles. The van der Waals surface area contributed by atoms with Crippen LogP contribution in [0.5, 0.6) is 0 Å². The zero-order valence-corrected chi connectivity index (χ0v) is 11.8. The Hall–Kier alpha value is -1.84. The van der Waals surface area contributed by atoms with Crippen LogP contribution in [0.25, 0.3) is 5.69 Å². The van der Waals surface area contributed by atoms with E-state index >= 15 is 0 Å². The molecule has 1 heterocycles. The lowest BCUT2D eigenvalue weighted by Gasteiger charge is -2.24. The average molecular weight is 273 g/mol. The van der Waals surface area contributed by atoms with Crippen molar-refractivity contribution in [2.45, 2.75) is 45.1 Å². The molecule has 0 radical (unpaired) electrons. The Morgan fingerprint density at radius 3 is 2.85 bits per heavy atom. The van der Waals surface area contributed by atoms with Crippen molar-refractivity contribution in [3.8, 4) is 5.69 Å². The number of benzene rings is 1. The lowest BCUT2D eigenvalue weighted by atomic mass is 9.96. The molecule has 0 atom stereocenters. The molecule has 3 rings (SSSR count). The van der Waals surface area contributed by atoms with Gasteiger partial charge >= 0.3 is 0 Å². The minimum atomic E-state index is -0.220. The van der Waals surface area contributed by atoms with Crippen LogP contribution in [0.15, 0.2) is 30.6 Å². The molecule has 1 N–H and O–H groups in total. The summed E-state index contributed by atoms with van der Waals surface area (Å²) in [5, 5.41) is 3.50. The molecule has 20 heavy (non-hydrogen) atoms. The second-order valence-corrected chi connectivity index (χ2v) is 5.53. The first-order chi connectivity index (χ1) is 9.74. The van der Waals surface area contributed by atoms with Crippen LogP contribution in [-0.2, 0) is 0 Å². The van der Waals surface area contributed by atoms with E-state index in [4.69, 9.17) is 0 Å². The number of anilines is 1. The van der Waals surface area contributed by atoms with Gasteiger partial charge in [0.2, 0.25) is 5.95 Å². The van der Waals surface area contributed by atoms with E-state index in [0.29, 0.717) is 6.04 Å². The molecule has 0 bridgehead atoms. The first kappa shape index (κ1) is 13.2. The van der Waals surface area contributed by atoms with E-state index in [9.17, 15) is 4.39 Å². The molecular formula is C16H20FN3. The zero-order valence-electron chi connectivity index (χ0n) is 11.8. The van der Waals surface area contributed by atoms with E-state index in [1.807, 2.05) is 17.7 Å². The molecule has 106 valence electrons. The second-order valence-electron chi connectivity index (χ2n) is 5.53. The summed E-state index contributed by atoms with van der Waals surface area (Å²) >= 11 is 0. The number of aryl methyl sites for hydroxylation is 1. The van der Waals surface area contributed by atoms with Crippen molar-refractivity contribution in [3.05, 3.63) is 42.0 Å². The van der Waals surface area contributed by atoms with Crippen LogP contribution >= 0.6 is 0 Å². The fraction of sp³-hybridized carbons (Fsp3) is 0.438. The molecule has 1 aliphatic rings. The third-order valence-electron chi connectivity index (χ3n) is 4.01. The fourth-order valence-corrected chi connectivity index (χ4v) is 2.88. The van der Waals surface area contributed by atoms with Gasteiger partial charge in [0.05, 0.1) is 5.69 Å². The summed E-state index contributed by atoms with van der Waals surface area (Å²) < 4.78 is 15.4. The summed E-state index contributed by atoms with van der Waals surface area (Å²) in [5.74, 6) is 0.591. The number of hydrogen-bond acceptors (Lipinski definition) is 2. The number of imidazole rings is 1. The monoisotopic (exact) mass is 273 g/mol. The predicted molar refractivity (Wildman–Crippen MR) is 78.8 cm³/mol. The summed E-state index contributed by atoms with van der Waals surface area (Å²) in [6.07, 6.45) is 9.90. The third-order valence-corrected chi connectivity index (χ3v) is 4.01. The Balaban J connectivity index is 1.87. The number of aromatic nitrogens is 2. The second kappa shape index (κ2) is 5.65. The van der Waals surface area contributed by atoms with Crippen molar-refractivity contribution >= 4 is 5.95 Å². The topological polar surface area (TPSA) is 29.9 Å². The highest BCUT2D eigenvalue weighted by atomic mass is 19.1. The first-order valence-electron chi connectivity index (χ1n) is 7.30. The van der Waals surface area contributed by atoms with E-state index in [0.717, 1.165) is 17.2 Å². The summed E-state index contributed by atoms with van der Waals surface area (Å²) in [7, 11) is 0. The first-order valence-corrected chi connectivity index (χ1v) is 7.30. The van der Waals surface area contributed by atoms with E-state index in [-0.39, 0.29) is 5.82 Å². The van der Waals surface area contributed by atoms with Crippen LogP contribution in [-0.4, -0.2) is 15.6 Å². The van der Waals surface area contributed by atoms with Gasteiger partial charge in [-0.2, -0.15) is 0 Å². The fourth-order valence-electron chi connectivity index (χ4n) is 2.88. The van der Waals surface area contributed by atoms with Gasteiger partial charge < -0.3 is 5.32 Å². The van der Waals surface area contributed by atoms with Crippen molar-refractivity contribution in [1.82, 2.24) is 9.55 Å². The van der Waals surface area contributed by atoms with Gasteiger partial charge in [-0.1, -0.05) is 25.3 Å². The van der Waals surface area contributed by atoms with Crippen LogP contribution in [0.3, 0.4) is 0 Å². The van der Waals surface area contributed by atoms with E-state index < -0.39 is 0 Å². The van der Waals surface area contributed by atoms with Gasteiger partial charge in [-0.3, -0.25) is 4.57 Å². The standard InChI is InChI=1S/C16H20FN3/c1-12-7-8-13(17)11-15(12)20-10-9-18-16(20)19-14-5-3-2-4-6-14/h7-11,14H,2-6H2,1H3,(H,18,19). The summed E-state index contributed by atoms with van der Waals surface area (Å²) in [6, 6.07) is 5.33. The molecule has 1 aliphatic carbocycles. The van der Waals surface area contributed by atoms with Crippen LogP contribution < -0.4 is 5.32 Å². The van der Waals surface area contributed by atoms with Crippen molar-refractivity contribution in [2.24, 2.45) is 0 Å². The lowest BCUT2D eigenvalue weighted by molar-refractivity contribution is 0.460. The molecule has 0 saturated heterocycles. The molecule has 3 nitrogen and oxygen atoms in total. The van der Waals surface area contributed by atoms with Gasteiger partial charge in [0.15, 0.2) is 0 Å². The molecular weight excluding hydrogens is 253 g/mol. The average Bonchev–Trinajstić information content (AvgIpc) is 2.91. The van der Waals surface area contributed by atoms with Crippen LogP contribution in [0.2, 0.25) is 0 Å². The summed E-state index contributed by atoms with van der Waals surface area (Å²) in [6.45, 7) is 1.99. The number of nitrogens with one attached hydrogen (secondary N) is 1. The van der Waals surface area contributed by atoms with E-state index in [1.165, 1.54) is 38.2 Å². The molecule has 0 unspecified atom stereocenters. The Kier molecular flexibility index (Phi) is 3.72. The molecule has 4 heteroatoms. The molecule has 0 amide bonds. The molecule has 2 aromatic rings. The Morgan fingerprint density at radius 1 is 1.25 bits per heavy atom. The van der Waals surface area contributed by atoms with Gasteiger partial charge in [-0.25, -0.2) is 9.37 Å². The third kappa shape index (κ3) is 2.69. The maximum absolute atomic E-state index is 13.5. The zero-order chi connectivity index (χ0) is 13.9. The SMILES string of the molecule is Cc1ccc(F)cc1-n1ccnc1NC1CCCCC1. The Labute approximate surface area is 118 Å². The van der Waals surface area contributed by atoms with Crippen molar-refractivity contribution in [2.75, 3.05) is 5.32 Å². The Morgan fingerprint density at radius 2 is 2.05 bits per heavy atom. The highest BCUT2D eigenvalue weighted by Gasteiger charge is 2.16. The van der Waals surface area contributed by atoms with Crippen molar-refractivity contribution < 1.29 is 4.39 Å². The lowest BCUT2D eigenvalue weighted by Crippen LogP contribution is -2.24. The molecule has 1 aromatic heterocycles. The minimum absolute atomic E-state index is 0.220. The number of nitrogens with zero attached hydrogens (tertiary/aromatic N) is 2. The summed E-state index contributed by atoms with van der Waals surface area (Å²) in [5.41, 5.74) is 1.89. The van der Waals surface area contributed by atoms with E-state index in [1.54, 1.807) is 18.3 Å². The van der Waals surface area contributed by atoms with Gasteiger partial charge in [0, 0.05) is 18.4 Å². The van der Waals surface area contributed by atoms with Gasteiger partial charge in [-0.05, 0) is 37.5 Å². The van der Waals surface area contributed by atoms with E-state index in [2.05, 4.69) is 10.3 Å². The Bertz CT molecular complexity index is 585. The highest BCUT2D eigenvalue weighted by Crippen LogP contribution is 2.24. The van der Waals surface area contributed by atoms with Gasteiger partial charge in [0.1, 0.15) is 5.82 Å². The maximum Gasteiger partial charge on any atom is 0.207 e. The molecule has 1 fully saturated rings. The van der Waals surface area contributed by atoms with Crippen molar-refractivity contribution in [1.29, 1.82) is 0 Å². The smallest absolute Gasteiger partial charge is 0.207 e. The number of hydrogen-bond donors (Lipinski definition) is 1. The molecule has 1 saturated carbocycles. The van der Waals surface area contributed by atoms with Crippen LogP contribution in [0.4, 0.5) is 10.3 Å². The predicted octanol–water partition coefficient (Wildman–Crippen LogP) is 4.06. The maximum atomic E-state index is 13.5. The number of rotatable bonds is 3. The van der Waals surface area contributed by atoms with Gasteiger partial charge in [-0.15, -0.1) is 0 Å². The van der Waals surface area contributed by atoms with Gasteiger partial charge in [0.25, 0.3) is 0 Å². The van der Waals surface area contributed by atoms with Crippen molar-refractivity contribution in [3.63, 3.8) is 0 Å². The number of halogens is 1. The van der Waals surface area contributed by atoms with Crippen LogP contribution in [0, 0.1) is 12.7 Å². The quantitative estimate of drug-likeness (QED) is 0.913. The molecule has 0 spiro atoms. The largest absolute Gasteiger partial charge is 0.353 e. The summed E-state index contributed by atoms with van der Waals surface area (Å²) in [4.78, 5) is 4.39.